The van der Waals surface area contributed by atoms with E-state index >= 15 is 0 Å². The predicted octanol–water partition coefficient (Wildman–Crippen LogP) is 0.891. The number of hydrogen-bond acceptors (Lipinski definition) is 3. The van der Waals surface area contributed by atoms with Crippen LogP contribution >= 0.6 is 0 Å². The average Bonchev–Trinajstić information content (AvgIpc) is 2.35. The molecule has 3 aliphatic rings. The van der Waals surface area contributed by atoms with Gasteiger partial charge in [-0.05, 0) is 37.9 Å². The van der Waals surface area contributed by atoms with Crippen molar-refractivity contribution in [2.24, 2.45) is 13.0 Å². The fourth-order valence-electron chi connectivity index (χ4n) is 3.02. The first-order valence-corrected chi connectivity index (χ1v) is 6.38. The molecule has 0 amide bonds. The minimum atomic E-state index is 0.0458. The van der Waals surface area contributed by atoms with Crippen LogP contribution in [-0.4, -0.2) is 35.1 Å². The van der Waals surface area contributed by atoms with Gasteiger partial charge in [0.1, 0.15) is 0 Å². The van der Waals surface area contributed by atoms with Gasteiger partial charge in [-0.3, -0.25) is 4.79 Å². The van der Waals surface area contributed by atoms with Crippen molar-refractivity contribution >= 4 is 5.69 Å². The van der Waals surface area contributed by atoms with Crippen molar-refractivity contribution in [1.29, 1.82) is 0 Å². The molecule has 4 rings (SSSR count). The zero-order valence-corrected chi connectivity index (χ0v) is 10.2. The largest absolute Gasteiger partial charge is 0.380 e. The number of rotatable bonds is 2. The maximum atomic E-state index is 11.3. The van der Waals surface area contributed by atoms with E-state index < -0.39 is 0 Å². The van der Waals surface area contributed by atoms with Gasteiger partial charge in [0, 0.05) is 31.9 Å². The van der Waals surface area contributed by atoms with Crippen molar-refractivity contribution in [3.05, 3.63) is 28.7 Å². The molecular weight excluding hydrogens is 214 g/mol. The van der Waals surface area contributed by atoms with Gasteiger partial charge in [-0.25, -0.2) is 0 Å². The topological polar surface area (TPSA) is 37.3 Å². The molecule has 0 aliphatic carbocycles. The fraction of sp³-hybridized carbons (Fsp3) is 0.615. The number of aryl methyl sites for hydroxylation is 1. The van der Waals surface area contributed by atoms with Gasteiger partial charge in [-0.1, -0.05) is 0 Å². The van der Waals surface area contributed by atoms with E-state index in [1.54, 1.807) is 17.7 Å². The van der Waals surface area contributed by atoms with Gasteiger partial charge in [0.25, 0.3) is 0 Å². The molecule has 4 nitrogen and oxygen atoms in total. The summed E-state index contributed by atoms with van der Waals surface area (Å²) in [7, 11) is 1.80. The number of nitrogens with zero attached hydrogens (tertiary/aromatic N) is 2. The summed E-state index contributed by atoms with van der Waals surface area (Å²) in [5.41, 5.74) is 1.11. The minimum absolute atomic E-state index is 0.0458. The van der Waals surface area contributed by atoms with Crippen LogP contribution in [0.5, 0.6) is 0 Å². The van der Waals surface area contributed by atoms with Crippen molar-refractivity contribution in [2.45, 2.75) is 18.9 Å². The Morgan fingerprint density at radius 1 is 1.29 bits per heavy atom. The molecule has 3 fully saturated rings. The number of nitrogens with one attached hydrogen (secondary N) is 1. The SMILES string of the molecule is Cn1cc(NC2CN3CCC2CC3)ccc1=O. The molecule has 3 saturated heterocycles. The van der Waals surface area contributed by atoms with Crippen LogP contribution in [0.25, 0.3) is 0 Å². The summed E-state index contributed by atoms with van der Waals surface area (Å²) in [5, 5.41) is 3.58. The smallest absolute Gasteiger partial charge is 0.250 e. The van der Waals surface area contributed by atoms with E-state index in [0.29, 0.717) is 6.04 Å². The second-order valence-corrected chi connectivity index (χ2v) is 5.26. The highest BCUT2D eigenvalue weighted by Gasteiger charge is 2.33. The molecule has 1 aromatic heterocycles. The Balaban J connectivity index is 1.74. The zero-order valence-electron chi connectivity index (χ0n) is 10.2. The molecule has 4 heteroatoms. The number of fused-ring (bicyclic) bond motifs is 3. The van der Waals surface area contributed by atoms with Crippen LogP contribution < -0.4 is 10.9 Å². The average molecular weight is 233 g/mol. The van der Waals surface area contributed by atoms with Crippen molar-refractivity contribution in [3.63, 3.8) is 0 Å². The number of anilines is 1. The van der Waals surface area contributed by atoms with Crippen molar-refractivity contribution < 1.29 is 0 Å². The lowest BCUT2D eigenvalue weighted by Gasteiger charge is -2.45. The fourth-order valence-corrected chi connectivity index (χ4v) is 3.02. The lowest BCUT2D eigenvalue weighted by Crippen LogP contribution is -2.53. The quantitative estimate of drug-likeness (QED) is 0.824. The van der Waals surface area contributed by atoms with Crippen LogP contribution in [0.2, 0.25) is 0 Å². The normalized spacial score (nSPS) is 31.5. The molecule has 1 aromatic rings. The number of hydrogen-bond donors (Lipinski definition) is 1. The van der Waals surface area contributed by atoms with E-state index in [9.17, 15) is 4.79 Å². The number of pyridine rings is 1. The standard InChI is InChI=1S/C13H19N3O/c1-15-8-11(2-3-13(15)17)14-12-9-16-6-4-10(12)5-7-16/h2-3,8,10,12,14H,4-7,9H2,1H3. The first-order valence-electron chi connectivity index (χ1n) is 6.38. The third kappa shape index (κ3) is 2.09. The molecule has 0 radical (unpaired) electrons. The van der Waals surface area contributed by atoms with Gasteiger partial charge in [0.15, 0.2) is 0 Å². The van der Waals surface area contributed by atoms with E-state index in [1.807, 2.05) is 12.3 Å². The second kappa shape index (κ2) is 4.18. The third-order valence-corrected chi connectivity index (χ3v) is 4.09. The summed E-state index contributed by atoms with van der Waals surface area (Å²) in [5.74, 6) is 0.803. The molecule has 1 unspecified atom stereocenters. The molecule has 2 bridgehead atoms. The first kappa shape index (κ1) is 10.8. The first-order chi connectivity index (χ1) is 8.22. The molecule has 0 spiro atoms. The van der Waals surface area contributed by atoms with Crippen molar-refractivity contribution in [2.75, 3.05) is 25.0 Å². The molecule has 0 saturated carbocycles. The van der Waals surface area contributed by atoms with Gasteiger partial charge in [0.05, 0.1) is 5.69 Å². The maximum Gasteiger partial charge on any atom is 0.250 e. The molecule has 4 heterocycles. The summed E-state index contributed by atoms with van der Waals surface area (Å²) in [6.07, 6.45) is 4.51. The Morgan fingerprint density at radius 2 is 2.06 bits per heavy atom. The van der Waals surface area contributed by atoms with E-state index in [1.165, 1.54) is 25.9 Å². The van der Waals surface area contributed by atoms with Gasteiger partial charge < -0.3 is 14.8 Å². The van der Waals surface area contributed by atoms with Crippen LogP contribution in [0.15, 0.2) is 23.1 Å². The number of aromatic nitrogens is 1. The highest BCUT2D eigenvalue weighted by molar-refractivity contribution is 5.41. The monoisotopic (exact) mass is 233 g/mol. The second-order valence-electron chi connectivity index (χ2n) is 5.26. The molecule has 3 aliphatic heterocycles. The van der Waals surface area contributed by atoms with Crippen LogP contribution in [0.4, 0.5) is 5.69 Å². The summed E-state index contributed by atoms with van der Waals surface area (Å²) in [6.45, 7) is 3.67. The van der Waals surface area contributed by atoms with Gasteiger partial charge in [-0.2, -0.15) is 0 Å². The number of piperidine rings is 3. The van der Waals surface area contributed by atoms with Crippen molar-refractivity contribution in [3.8, 4) is 0 Å². The van der Waals surface area contributed by atoms with Crippen LogP contribution in [-0.2, 0) is 7.05 Å². The Morgan fingerprint density at radius 3 is 2.65 bits per heavy atom. The summed E-state index contributed by atoms with van der Waals surface area (Å²) >= 11 is 0. The molecule has 1 N–H and O–H groups in total. The molecule has 1 atom stereocenters. The highest BCUT2D eigenvalue weighted by Crippen LogP contribution is 2.29. The third-order valence-electron chi connectivity index (χ3n) is 4.09. The van der Waals surface area contributed by atoms with Gasteiger partial charge in [-0.15, -0.1) is 0 Å². The lowest BCUT2D eigenvalue weighted by atomic mass is 9.84. The lowest BCUT2D eigenvalue weighted by molar-refractivity contribution is 0.0975. The zero-order chi connectivity index (χ0) is 11.8. The van der Waals surface area contributed by atoms with Crippen molar-refractivity contribution in [1.82, 2.24) is 9.47 Å². The summed E-state index contributed by atoms with van der Waals surface area (Å²) in [6, 6.07) is 4.07. The van der Waals surface area contributed by atoms with E-state index in [2.05, 4.69) is 10.2 Å². The highest BCUT2D eigenvalue weighted by atomic mass is 16.1. The van der Waals surface area contributed by atoms with Crippen LogP contribution in [0.1, 0.15) is 12.8 Å². The Kier molecular flexibility index (Phi) is 2.67. The van der Waals surface area contributed by atoms with E-state index in [-0.39, 0.29) is 5.56 Å². The summed E-state index contributed by atoms with van der Waals surface area (Å²) < 4.78 is 1.63. The van der Waals surface area contributed by atoms with Gasteiger partial charge in [0.2, 0.25) is 5.56 Å². The van der Waals surface area contributed by atoms with E-state index in [0.717, 1.165) is 18.2 Å². The maximum absolute atomic E-state index is 11.3. The van der Waals surface area contributed by atoms with E-state index in [4.69, 9.17) is 0 Å². The Labute approximate surface area is 101 Å². The molecule has 92 valence electrons. The van der Waals surface area contributed by atoms with Crippen LogP contribution in [0.3, 0.4) is 0 Å². The molecule has 0 aromatic carbocycles. The minimum Gasteiger partial charge on any atom is -0.380 e. The molecular formula is C13H19N3O. The predicted molar refractivity (Wildman–Crippen MR) is 68.3 cm³/mol. The molecule has 17 heavy (non-hydrogen) atoms. The Bertz CT molecular complexity index is 460. The Hall–Kier alpha value is -1.29. The summed E-state index contributed by atoms with van der Waals surface area (Å²) in [4.78, 5) is 13.8. The van der Waals surface area contributed by atoms with Crippen LogP contribution in [0, 0.1) is 5.92 Å². The van der Waals surface area contributed by atoms with Gasteiger partial charge >= 0.3 is 0 Å².